The molecule has 28 heavy (non-hydrogen) atoms. The number of nitrogens with one attached hydrogen (secondary N) is 1. The molecule has 0 radical (unpaired) electrons. The lowest BCUT2D eigenvalue weighted by Gasteiger charge is -2.15. The normalized spacial score (nSPS) is 10.8. The summed E-state index contributed by atoms with van der Waals surface area (Å²) < 4.78 is 16.5. The summed E-state index contributed by atoms with van der Waals surface area (Å²) in [6.07, 6.45) is 3.17. The summed E-state index contributed by atoms with van der Waals surface area (Å²) in [4.78, 5) is 23.7. The number of hydrogen-bond donors (Lipinski definition) is 1. The molecular formula is C22H25NO5. The number of hydrogen-bond acceptors (Lipinski definition) is 5. The lowest BCUT2D eigenvalue weighted by Crippen LogP contribution is -2.24. The van der Waals surface area contributed by atoms with E-state index in [1.54, 1.807) is 44.5 Å². The Kier molecular flexibility index (Phi) is 7.63. The van der Waals surface area contributed by atoms with Gasteiger partial charge in [-0.1, -0.05) is 12.1 Å². The van der Waals surface area contributed by atoms with E-state index in [0.717, 1.165) is 5.56 Å². The first kappa shape index (κ1) is 21.0. The first-order valence-corrected chi connectivity index (χ1v) is 8.94. The van der Waals surface area contributed by atoms with Crippen LogP contribution >= 0.6 is 0 Å². The Morgan fingerprint density at radius 1 is 1.11 bits per heavy atom. The second-order valence-electron chi connectivity index (χ2n) is 6.23. The number of likely N-dealkylation sites (N-methyl/N-ethyl adjacent to an activating group) is 1. The highest BCUT2D eigenvalue weighted by molar-refractivity contribution is 6.07. The number of benzene rings is 2. The SMILES string of the molecule is CNC(=O)COc1ccc(C(=O)/C=C/c2cccc(OC)c2OC(C)C)cc1. The Balaban J connectivity index is 2.12. The summed E-state index contributed by atoms with van der Waals surface area (Å²) in [6, 6.07) is 12.1. The van der Waals surface area contributed by atoms with E-state index in [2.05, 4.69) is 5.32 Å². The van der Waals surface area contributed by atoms with E-state index in [0.29, 0.717) is 22.8 Å². The summed E-state index contributed by atoms with van der Waals surface area (Å²) in [7, 11) is 3.12. The minimum absolute atomic E-state index is 0.0264. The Labute approximate surface area is 165 Å². The van der Waals surface area contributed by atoms with Gasteiger partial charge in [-0.05, 0) is 56.3 Å². The van der Waals surface area contributed by atoms with Gasteiger partial charge in [0.05, 0.1) is 13.2 Å². The molecule has 0 aliphatic carbocycles. The summed E-state index contributed by atoms with van der Waals surface area (Å²) in [5, 5.41) is 2.48. The van der Waals surface area contributed by atoms with Gasteiger partial charge < -0.3 is 19.5 Å². The van der Waals surface area contributed by atoms with E-state index in [1.807, 2.05) is 32.0 Å². The van der Waals surface area contributed by atoms with Crippen LogP contribution in [0.1, 0.15) is 29.8 Å². The highest BCUT2D eigenvalue weighted by Crippen LogP contribution is 2.33. The van der Waals surface area contributed by atoms with E-state index in [9.17, 15) is 9.59 Å². The number of para-hydroxylation sites is 1. The van der Waals surface area contributed by atoms with Crippen LogP contribution in [0.2, 0.25) is 0 Å². The molecule has 1 amide bonds. The van der Waals surface area contributed by atoms with Crippen LogP contribution in [0.5, 0.6) is 17.2 Å². The van der Waals surface area contributed by atoms with Crippen molar-refractivity contribution in [1.29, 1.82) is 0 Å². The second kappa shape index (κ2) is 10.2. The second-order valence-corrected chi connectivity index (χ2v) is 6.23. The van der Waals surface area contributed by atoms with Gasteiger partial charge in [0.2, 0.25) is 0 Å². The monoisotopic (exact) mass is 383 g/mol. The summed E-state index contributed by atoms with van der Waals surface area (Å²) in [5.74, 6) is 1.35. The zero-order valence-corrected chi connectivity index (χ0v) is 16.5. The van der Waals surface area contributed by atoms with Gasteiger partial charge in [0.1, 0.15) is 5.75 Å². The predicted molar refractivity (Wildman–Crippen MR) is 108 cm³/mol. The first-order chi connectivity index (χ1) is 13.4. The van der Waals surface area contributed by atoms with Gasteiger partial charge in [-0.15, -0.1) is 0 Å². The van der Waals surface area contributed by atoms with Crippen molar-refractivity contribution >= 4 is 17.8 Å². The van der Waals surface area contributed by atoms with E-state index in [-0.39, 0.29) is 24.4 Å². The standard InChI is InChI=1S/C22H25NO5/c1-15(2)28-22-17(6-5-7-20(22)26-4)10-13-19(24)16-8-11-18(12-9-16)27-14-21(25)23-3/h5-13,15H,14H2,1-4H3,(H,23,25)/b13-10+. The number of allylic oxidation sites excluding steroid dienone is 1. The fourth-order valence-electron chi connectivity index (χ4n) is 2.38. The molecule has 0 aromatic heterocycles. The summed E-state index contributed by atoms with van der Waals surface area (Å²) in [5.41, 5.74) is 1.27. The molecule has 2 aromatic rings. The molecule has 6 nitrogen and oxygen atoms in total. The van der Waals surface area contributed by atoms with E-state index in [4.69, 9.17) is 14.2 Å². The third-order valence-corrected chi connectivity index (χ3v) is 3.78. The number of ether oxygens (including phenoxy) is 3. The number of rotatable bonds is 9. The molecule has 0 saturated carbocycles. The molecule has 2 rings (SSSR count). The maximum Gasteiger partial charge on any atom is 0.257 e. The maximum atomic E-state index is 12.5. The fraction of sp³-hybridized carbons (Fsp3) is 0.273. The molecule has 2 aromatic carbocycles. The Bertz CT molecular complexity index is 841. The molecule has 0 aliphatic heterocycles. The van der Waals surface area contributed by atoms with Crippen molar-refractivity contribution in [2.45, 2.75) is 20.0 Å². The summed E-state index contributed by atoms with van der Waals surface area (Å²) in [6.45, 7) is 3.79. The van der Waals surface area contributed by atoms with Gasteiger partial charge in [0, 0.05) is 18.2 Å². The van der Waals surface area contributed by atoms with Crippen LogP contribution in [0.3, 0.4) is 0 Å². The molecule has 0 spiro atoms. The van der Waals surface area contributed by atoms with Gasteiger partial charge in [-0.2, -0.15) is 0 Å². The van der Waals surface area contributed by atoms with Gasteiger partial charge in [0.25, 0.3) is 5.91 Å². The van der Waals surface area contributed by atoms with Crippen LogP contribution in [0.25, 0.3) is 6.08 Å². The molecule has 0 bridgehead atoms. The molecule has 1 N–H and O–H groups in total. The van der Waals surface area contributed by atoms with Crippen molar-refractivity contribution in [1.82, 2.24) is 5.32 Å². The molecule has 0 heterocycles. The molecule has 0 aliphatic rings. The third kappa shape index (κ3) is 5.87. The Morgan fingerprint density at radius 2 is 1.82 bits per heavy atom. The smallest absolute Gasteiger partial charge is 0.257 e. The van der Waals surface area contributed by atoms with Crippen molar-refractivity contribution in [3.63, 3.8) is 0 Å². The molecular weight excluding hydrogens is 358 g/mol. The van der Waals surface area contributed by atoms with Crippen molar-refractivity contribution in [2.75, 3.05) is 20.8 Å². The van der Waals surface area contributed by atoms with Crippen LogP contribution in [0.4, 0.5) is 0 Å². The number of amides is 1. The minimum Gasteiger partial charge on any atom is -0.493 e. The van der Waals surface area contributed by atoms with Crippen molar-refractivity contribution in [3.8, 4) is 17.2 Å². The lowest BCUT2D eigenvalue weighted by atomic mass is 10.1. The first-order valence-electron chi connectivity index (χ1n) is 8.94. The number of carbonyl (C=O) groups is 2. The van der Waals surface area contributed by atoms with Gasteiger partial charge in [0.15, 0.2) is 23.9 Å². The van der Waals surface area contributed by atoms with Crippen LogP contribution < -0.4 is 19.5 Å². The van der Waals surface area contributed by atoms with Crippen molar-refractivity contribution < 1.29 is 23.8 Å². The molecule has 0 atom stereocenters. The zero-order valence-electron chi connectivity index (χ0n) is 16.5. The predicted octanol–water partition coefficient (Wildman–Crippen LogP) is 3.50. The average molecular weight is 383 g/mol. The Morgan fingerprint density at radius 3 is 2.43 bits per heavy atom. The average Bonchev–Trinajstić information content (AvgIpc) is 2.70. The lowest BCUT2D eigenvalue weighted by molar-refractivity contribution is -0.122. The topological polar surface area (TPSA) is 73.9 Å². The van der Waals surface area contributed by atoms with Crippen LogP contribution in [0.15, 0.2) is 48.5 Å². The molecule has 0 saturated heterocycles. The zero-order chi connectivity index (χ0) is 20.5. The van der Waals surface area contributed by atoms with Crippen molar-refractivity contribution in [2.24, 2.45) is 0 Å². The largest absolute Gasteiger partial charge is 0.493 e. The quantitative estimate of drug-likeness (QED) is 0.530. The maximum absolute atomic E-state index is 12.5. The molecule has 148 valence electrons. The van der Waals surface area contributed by atoms with Gasteiger partial charge in [-0.3, -0.25) is 9.59 Å². The molecule has 6 heteroatoms. The van der Waals surface area contributed by atoms with E-state index < -0.39 is 0 Å². The Hall–Kier alpha value is -3.28. The van der Waals surface area contributed by atoms with Crippen LogP contribution in [-0.4, -0.2) is 38.6 Å². The molecule has 0 fully saturated rings. The van der Waals surface area contributed by atoms with Crippen LogP contribution in [0, 0.1) is 0 Å². The highest BCUT2D eigenvalue weighted by Gasteiger charge is 2.11. The third-order valence-electron chi connectivity index (χ3n) is 3.78. The summed E-state index contributed by atoms with van der Waals surface area (Å²) >= 11 is 0. The number of carbonyl (C=O) groups excluding carboxylic acids is 2. The number of methoxy groups -OCH3 is 1. The van der Waals surface area contributed by atoms with E-state index >= 15 is 0 Å². The number of ketones is 1. The van der Waals surface area contributed by atoms with E-state index in [1.165, 1.54) is 6.08 Å². The highest BCUT2D eigenvalue weighted by atomic mass is 16.5. The van der Waals surface area contributed by atoms with Crippen LogP contribution in [-0.2, 0) is 4.79 Å². The minimum atomic E-state index is -0.221. The van der Waals surface area contributed by atoms with Crippen molar-refractivity contribution in [3.05, 3.63) is 59.7 Å². The fourth-order valence-corrected chi connectivity index (χ4v) is 2.38. The molecule has 0 unspecified atom stereocenters. The van der Waals surface area contributed by atoms with Gasteiger partial charge >= 0.3 is 0 Å². The van der Waals surface area contributed by atoms with Gasteiger partial charge in [-0.25, -0.2) is 0 Å².